The van der Waals surface area contributed by atoms with E-state index in [0.717, 1.165) is 38.4 Å². The van der Waals surface area contributed by atoms with Crippen molar-refractivity contribution in [2.24, 2.45) is 5.92 Å². The molecule has 0 unspecified atom stereocenters. The quantitative estimate of drug-likeness (QED) is 0.126. The Bertz CT molecular complexity index is 632. The topological polar surface area (TPSA) is 52.6 Å². The minimum absolute atomic E-state index is 0.0472. The number of hydrogen-bond donors (Lipinski definition) is 0. The molecule has 29 heavy (non-hydrogen) atoms. The second-order valence-corrected chi connectivity index (χ2v) is 13.8. The minimum Gasteiger partial charge on any atom is -0.462 e. The highest BCUT2D eigenvalue weighted by atomic mass is 28.4. The summed E-state index contributed by atoms with van der Waals surface area (Å²) in [5.74, 6) is -0.229. The van der Waals surface area contributed by atoms with E-state index in [1.807, 2.05) is 24.3 Å². The van der Waals surface area contributed by atoms with Crippen LogP contribution in [0, 0.1) is 5.92 Å². The van der Waals surface area contributed by atoms with Crippen LogP contribution in [0.2, 0.25) is 18.1 Å². The van der Waals surface area contributed by atoms with Gasteiger partial charge in [0.25, 0.3) is 0 Å². The van der Waals surface area contributed by atoms with Crippen molar-refractivity contribution in [2.45, 2.75) is 71.0 Å². The van der Waals surface area contributed by atoms with Gasteiger partial charge in [0.05, 0.1) is 18.8 Å². The smallest absolute Gasteiger partial charge is 0.338 e. The van der Waals surface area contributed by atoms with Crippen LogP contribution in [0.5, 0.6) is 0 Å². The first-order valence-electron chi connectivity index (χ1n) is 10.6. The Morgan fingerprint density at radius 2 is 1.76 bits per heavy atom. The number of esters is 1. The summed E-state index contributed by atoms with van der Waals surface area (Å²) in [4.78, 5) is 23.1. The van der Waals surface area contributed by atoms with Gasteiger partial charge < -0.3 is 14.0 Å². The van der Waals surface area contributed by atoms with Crippen LogP contribution in [0.1, 0.15) is 63.2 Å². The summed E-state index contributed by atoms with van der Waals surface area (Å²) in [5, 5.41) is 0.210. The zero-order chi connectivity index (χ0) is 21.8. The lowest BCUT2D eigenvalue weighted by Crippen LogP contribution is -2.40. The lowest BCUT2D eigenvalue weighted by atomic mass is 9.99. The Balaban J connectivity index is 2.15. The van der Waals surface area contributed by atoms with Crippen LogP contribution in [0.15, 0.2) is 42.5 Å². The SMILES string of the molecule is CC(C)(C)[Si](C)(C)OC/C=C/C[C@@H](C=O)CCCCCOC(=O)c1ccccc1. The second-order valence-electron chi connectivity index (χ2n) is 9.03. The number of carbonyl (C=O) groups is 2. The maximum Gasteiger partial charge on any atom is 0.338 e. The molecule has 0 aliphatic rings. The van der Waals surface area contributed by atoms with Crippen LogP contribution < -0.4 is 0 Å². The molecule has 162 valence electrons. The van der Waals surface area contributed by atoms with E-state index in [-0.39, 0.29) is 16.9 Å². The number of hydrogen-bond acceptors (Lipinski definition) is 4. The molecular formula is C24H38O4Si. The average Bonchev–Trinajstić information content (AvgIpc) is 2.68. The normalized spacial score (nSPS) is 13.4. The molecule has 0 radical (unpaired) electrons. The minimum atomic E-state index is -1.71. The fourth-order valence-electron chi connectivity index (χ4n) is 2.56. The van der Waals surface area contributed by atoms with Gasteiger partial charge in [0.2, 0.25) is 0 Å². The van der Waals surface area contributed by atoms with E-state index in [4.69, 9.17) is 9.16 Å². The Morgan fingerprint density at radius 1 is 1.07 bits per heavy atom. The maximum atomic E-state index is 11.8. The van der Waals surface area contributed by atoms with Gasteiger partial charge in [-0.2, -0.15) is 0 Å². The first kappa shape index (κ1) is 25.3. The molecule has 0 spiro atoms. The van der Waals surface area contributed by atoms with Crippen LogP contribution in [-0.2, 0) is 14.0 Å². The average molecular weight is 419 g/mol. The van der Waals surface area contributed by atoms with Crippen LogP contribution in [0.3, 0.4) is 0 Å². The van der Waals surface area contributed by atoms with Gasteiger partial charge in [-0.1, -0.05) is 64.0 Å². The van der Waals surface area contributed by atoms with Crippen molar-refractivity contribution < 1.29 is 18.8 Å². The molecule has 0 aromatic heterocycles. The molecule has 0 saturated heterocycles. The number of allylic oxidation sites excluding steroid dienone is 1. The number of unbranched alkanes of at least 4 members (excludes halogenated alkanes) is 2. The number of ether oxygens (including phenoxy) is 1. The zero-order valence-electron chi connectivity index (χ0n) is 18.8. The summed E-state index contributed by atoms with van der Waals surface area (Å²) >= 11 is 0. The summed E-state index contributed by atoms with van der Waals surface area (Å²) in [6.07, 6.45) is 9.50. The van der Waals surface area contributed by atoms with Crippen LogP contribution in [0.25, 0.3) is 0 Å². The third kappa shape index (κ3) is 10.0. The summed E-state index contributed by atoms with van der Waals surface area (Å²) in [5.41, 5.74) is 0.581. The predicted octanol–water partition coefficient (Wildman–Crippen LogP) is 6.19. The molecule has 0 N–H and O–H groups in total. The molecule has 0 aliphatic carbocycles. The van der Waals surface area contributed by atoms with E-state index in [1.165, 1.54) is 0 Å². The van der Waals surface area contributed by atoms with E-state index in [1.54, 1.807) is 12.1 Å². The van der Waals surface area contributed by atoms with Crippen LogP contribution in [0.4, 0.5) is 0 Å². The highest BCUT2D eigenvalue weighted by molar-refractivity contribution is 6.74. The molecule has 1 rings (SSSR count). The molecule has 4 nitrogen and oxygen atoms in total. The first-order valence-corrected chi connectivity index (χ1v) is 13.5. The molecule has 0 saturated carbocycles. The molecule has 1 aromatic carbocycles. The number of carbonyl (C=O) groups excluding carboxylic acids is 2. The van der Waals surface area contributed by atoms with Gasteiger partial charge in [-0.15, -0.1) is 0 Å². The monoisotopic (exact) mass is 418 g/mol. The van der Waals surface area contributed by atoms with Gasteiger partial charge in [-0.05, 0) is 49.5 Å². The Labute approximate surface area is 177 Å². The van der Waals surface area contributed by atoms with Crippen LogP contribution in [-0.4, -0.2) is 33.8 Å². The number of benzene rings is 1. The summed E-state index contributed by atoms with van der Waals surface area (Å²) < 4.78 is 11.4. The second kappa shape index (κ2) is 12.8. The van der Waals surface area contributed by atoms with Gasteiger partial charge in [-0.25, -0.2) is 4.79 Å². The Hall–Kier alpha value is -1.72. The molecular weight excluding hydrogens is 380 g/mol. The van der Waals surface area contributed by atoms with E-state index in [0.29, 0.717) is 18.8 Å². The molecule has 0 aliphatic heterocycles. The van der Waals surface area contributed by atoms with E-state index < -0.39 is 8.32 Å². The fourth-order valence-corrected chi connectivity index (χ4v) is 3.51. The molecule has 1 aromatic rings. The molecule has 5 heteroatoms. The van der Waals surface area contributed by atoms with E-state index >= 15 is 0 Å². The molecule has 0 heterocycles. The van der Waals surface area contributed by atoms with Gasteiger partial charge in [0.1, 0.15) is 6.29 Å². The highest BCUT2D eigenvalue weighted by Gasteiger charge is 2.36. The van der Waals surface area contributed by atoms with Crippen molar-refractivity contribution in [1.29, 1.82) is 0 Å². The number of aldehydes is 1. The molecule has 0 fully saturated rings. The fraction of sp³-hybridized carbons (Fsp3) is 0.583. The van der Waals surface area contributed by atoms with Crippen molar-refractivity contribution in [2.75, 3.05) is 13.2 Å². The van der Waals surface area contributed by atoms with Crippen molar-refractivity contribution in [1.82, 2.24) is 0 Å². The van der Waals surface area contributed by atoms with Gasteiger partial charge in [0, 0.05) is 5.92 Å². The van der Waals surface area contributed by atoms with Crippen molar-refractivity contribution >= 4 is 20.6 Å². The molecule has 0 amide bonds. The summed E-state index contributed by atoms with van der Waals surface area (Å²) in [6, 6.07) is 9.02. The van der Waals surface area contributed by atoms with Gasteiger partial charge in [0.15, 0.2) is 8.32 Å². The lowest BCUT2D eigenvalue weighted by molar-refractivity contribution is -0.111. The predicted molar refractivity (Wildman–Crippen MR) is 122 cm³/mol. The van der Waals surface area contributed by atoms with Crippen molar-refractivity contribution in [3.05, 3.63) is 48.0 Å². The first-order chi connectivity index (χ1) is 13.7. The van der Waals surface area contributed by atoms with E-state index in [2.05, 4.69) is 39.9 Å². The Kier molecular flexibility index (Phi) is 11.1. The standard InChI is InChI=1S/C24H38O4Si/c1-24(2,3)29(4,5)28-19-13-11-15-21(20-25)14-8-7-12-18-27-23(26)22-16-9-6-10-17-22/h6,9-11,13,16-17,20-21H,7-8,12,14-15,18-19H2,1-5H3/b13-11+/t21-/m0/s1. The molecule has 0 bridgehead atoms. The molecule has 1 atom stereocenters. The third-order valence-corrected chi connectivity index (χ3v) is 10.1. The zero-order valence-corrected chi connectivity index (χ0v) is 19.8. The van der Waals surface area contributed by atoms with Crippen LogP contribution >= 0.6 is 0 Å². The maximum absolute atomic E-state index is 11.8. The largest absolute Gasteiger partial charge is 0.462 e. The van der Waals surface area contributed by atoms with Crippen molar-refractivity contribution in [3.63, 3.8) is 0 Å². The summed E-state index contributed by atoms with van der Waals surface area (Å²) in [7, 11) is -1.71. The highest BCUT2D eigenvalue weighted by Crippen LogP contribution is 2.36. The van der Waals surface area contributed by atoms with Crippen molar-refractivity contribution in [3.8, 4) is 0 Å². The summed E-state index contributed by atoms with van der Waals surface area (Å²) in [6.45, 7) is 12.2. The third-order valence-electron chi connectivity index (χ3n) is 5.61. The Morgan fingerprint density at radius 3 is 2.38 bits per heavy atom. The number of rotatable bonds is 13. The van der Waals surface area contributed by atoms with E-state index in [9.17, 15) is 9.59 Å². The lowest BCUT2D eigenvalue weighted by Gasteiger charge is -2.35. The van der Waals surface area contributed by atoms with Gasteiger partial charge >= 0.3 is 5.97 Å². The van der Waals surface area contributed by atoms with Gasteiger partial charge in [-0.3, -0.25) is 0 Å².